The molecule has 3 rings (SSSR count). The quantitative estimate of drug-likeness (QED) is 0.790. The number of ether oxygens (including phenoxy) is 1. The number of pyridine rings is 1. The molecule has 0 bridgehead atoms. The van der Waals surface area contributed by atoms with Crippen LogP contribution in [0, 0.1) is 0 Å². The van der Waals surface area contributed by atoms with Crippen LogP contribution < -0.4 is 10.5 Å². The van der Waals surface area contributed by atoms with E-state index in [9.17, 15) is 4.79 Å². The van der Waals surface area contributed by atoms with E-state index >= 15 is 0 Å². The zero-order valence-corrected chi connectivity index (χ0v) is 10.6. The van der Waals surface area contributed by atoms with Crippen LogP contribution >= 0.6 is 0 Å². The van der Waals surface area contributed by atoms with Crippen LogP contribution in [0.3, 0.4) is 0 Å². The summed E-state index contributed by atoms with van der Waals surface area (Å²) < 4.78 is 5.76. The molecule has 4 heteroatoms. The van der Waals surface area contributed by atoms with Gasteiger partial charge in [-0.3, -0.25) is 4.79 Å². The molecule has 0 radical (unpaired) electrons. The molecule has 1 heterocycles. The van der Waals surface area contributed by atoms with Gasteiger partial charge in [-0.25, -0.2) is 4.98 Å². The van der Waals surface area contributed by atoms with Crippen LogP contribution in [0.5, 0.6) is 11.6 Å². The number of nitrogens with zero attached hydrogens (tertiary/aromatic N) is 1. The van der Waals surface area contributed by atoms with Gasteiger partial charge in [0.15, 0.2) is 0 Å². The van der Waals surface area contributed by atoms with Gasteiger partial charge in [0.05, 0.1) is 5.56 Å². The number of rotatable bonds is 3. The van der Waals surface area contributed by atoms with Gasteiger partial charge >= 0.3 is 0 Å². The summed E-state index contributed by atoms with van der Waals surface area (Å²) in [5.41, 5.74) is 5.53. The van der Waals surface area contributed by atoms with Crippen molar-refractivity contribution in [3.8, 4) is 11.6 Å². The van der Waals surface area contributed by atoms with E-state index in [1.54, 1.807) is 12.1 Å². The number of carbonyl (C=O) groups excluding carboxylic acids is 1. The molecule has 0 aliphatic carbocycles. The summed E-state index contributed by atoms with van der Waals surface area (Å²) in [4.78, 5) is 15.1. The number of aromatic nitrogens is 1. The second kappa shape index (κ2) is 5.01. The van der Waals surface area contributed by atoms with E-state index in [1.807, 2.05) is 42.5 Å². The van der Waals surface area contributed by atoms with Crippen molar-refractivity contribution >= 4 is 16.7 Å². The third kappa shape index (κ3) is 2.31. The van der Waals surface area contributed by atoms with Crippen LogP contribution in [-0.2, 0) is 0 Å². The minimum Gasteiger partial charge on any atom is -0.438 e. The highest BCUT2D eigenvalue weighted by molar-refractivity contribution is 5.92. The number of benzene rings is 2. The van der Waals surface area contributed by atoms with Crippen LogP contribution in [0.15, 0.2) is 60.8 Å². The highest BCUT2D eigenvalue weighted by Gasteiger charge is 2.05. The molecule has 2 N–H and O–H groups in total. The number of nitrogens with two attached hydrogens (primary N) is 1. The van der Waals surface area contributed by atoms with E-state index in [1.165, 1.54) is 6.20 Å². The Balaban J connectivity index is 1.95. The van der Waals surface area contributed by atoms with Crippen LogP contribution in [0.25, 0.3) is 10.8 Å². The number of fused-ring (bicyclic) bond motifs is 1. The summed E-state index contributed by atoms with van der Waals surface area (Å²) in [6.07, 6.45) is 1.41. The van der Waals surface area contributed by atoms with Crippen LogP contribution in [0.2, 0.25) is 0 Å². The minimum absolute atomic E-state index is 0.357. The first kappa shape index (κ1) is 12.2. The molecule has 0 aliphatic rings. The van der Waals surface area contributed by atoms with Gasteiger partial charge in [0.2, 0.25) is 11.8 Å². The molecule has 0 saturated carbocycles. The van der Waals surface area contributed by atoms with Gasteiger partial charge < -0.3 is 10.5 Å². The fourth-order valence-corrected chi connectivity index (χ4v) is 1.98. The van der Waals surface area contributed by atoms with Gasteiger partial charge in [0.25, 0.3) is 0 Å². The Morgan fingerprint density at radius 2 is 1.80 bits per heavy atom. The zero-order chi connectivity index (χ0) is 13.9. The zero-order valence-electron chi connectivity index (χ0n) is 10.6. The number of carbonyl (C=O) groups is 1. The monoisotopic (exact) mass is 264 g/mol. The SMILES string of the molecule is NC(=O)c1ccc(Oc2cccc3ccccc23)nc1. The van der Waals surface area contributed by atoms with Crippen molar-refractivity contribution in [2.75, 3.05) is 0 Å². The number of primary amides is 1. The molecular formula is C16H12N2O2. The lowest BCUT2D eigenvalue weighted by molar-refractivity contribution is 0.1000. The van der Waals surface area contributed by atoms with Crippen molar-refractivity contribution in [1.82, 2.24) is 4.98 Å². The number of hydrogen-bond donors (Lipinski definition) is 1. The first-order valence-corrected chi connectivity index (χ1v) is 6.15. The lowest BCUT2D eigenvalue weighted by atomic mass is 10.1. The maximum absolute atomic E-state index is 11.0. The predicted octanol–water partition coefficient (Wildman–Crippen LogP) is 3.13. The van der Waals surface area contributed by atoms with Gasteiger partial charge in [0, 0.05) is 17.6 Å². The molecule has 2 aromatic carbocycles. The van der Waals surface area contributed by atoms with Crippen molar-refractivity contribution in [1.29, 1.82) is 0 Å². The van der Waals surface area contributed by atoms with Crippen LogP contribution in [0.1, 0.15) is 10.4 Å². The Kier molecular flexibility index (Phi) is 3.05. The van der Waals surface area contributed by atoms with Crippen LogP contribution in [-0.4, -0.2) is 10.9 Å². The Morgan fingerprint density at radius 1 is 1.00 bits per heavy atom. The van der Waals surface area contributed by atoms with Gasteiger partial charge in [0.1, 0.15) is 5.75 Å². The van der Waals surface area contributed by atoms with E-state index < -0.39 is 5.91 Å². The Bertz CT molecular complexity index is 762. The second-order valence-corrected chi connectivity index (χ2v) is 4.33. The average molecular weight is 264 g/mol. The first-order chi connectivity index (χ1) is 9.74. The summed E-state index contributed by atoms with van der Waals surface area (Å²) in [6.45, 7) is 0. The fourth-order valence-electron chi connectivity index (χ4n) is 1.98. The predicted molar refractivity (Wildman–Crippen MR) is 76.8 cm³/mol. The van der Waals surface area contributed by atoms with Gasteiger partial charge in [-0.15, -0.1) is 0 Å². The van der Waals surface area contributed by atoms with E-state index in [2.05, 4.69) is 4.98 Å². The molecule has 20 heavy (non-hydrogen) atoms. The van der Waals surface area contributed by atoms with Crippen molar-refractivity contribution < 1.29 is 9.53 Å². The normalized spacial score (nSPS) is 10.4. The van der Waals surface area contributed by atoms with Crippen LogP contribution in [0.4, 0.5) is 0 Å². The van der Waals surface area contributed by atoms with E-state index in [0.717, 1.165) is 16.5 Å². The highest BCUT2D eigenvalue weighted by atomic mass is 16.5. The molecule has 0 unspecified atom stereocenters. The largest absolute Gasteiger partial charge is 0.438 e. The van der Waals surface area contributed by atoms with Crippen molar-refractivity contribution in [2.45, 2.75) is 0 Å². The summed E-state index contributed by atoms with van der Waals surface area (Å²) in [5, 5.41) is 2.11. The minimum atomic E-state index is -0.505. The molecule has 0 aliphatic heterocycles. The van der Waals surface area contributed by atoms with Gasteiger partial charge in [-0.05, 0) is 17.5 Å². The Morgan fingerprint density at radius 3 is 2.55 bits per heavy atom. The van der Waals surface area contributed by atoms with Gasteiger partial charge in [-0.2, -0.15) is 0 Å². The fraction of sp³-hybridized carbons (Fsp3) is 0. The number of hydrogen-bond acceptors (Lipinski definition) is 3. The third-order valence-corrected chi connectivity index (χ3v) is 2.99. The average Bonchev–Trinajstić information content (AvgIpc) is 2.48. The summed E-state index contributed by atoms with van der Waals surface area (Å²) in [5.74, 6) is 0.642. The molecule has 1 amide bonds. The van der Waals surface area contributed by atoms with E-state index in [-0.39, 0.29) is 0 Å². The lowest BCUT2D eigenvalue weighted by Gasteiger charge is -2.08. The lowest BCUT2D eigenvalue weighted by Crippen LogP contribution is -2.10. The Hall–Kier alpha value is -2.88. The molecule has 0 spiro atoms. The van der Waals surface area contributed by atoms with E-state index in [0.29, 0.717) is 11.4 Å². The summed E-state index contributed by atoms with van der Waals surface area (Å²) in [7, 11) is 0. The van der Waals surface area contributed by atoms with Crippen molar-refractivity contribution in [2.24, 2.45) is 5.73 Å². The molecule has 1 aromatic heterocycles. The maximum Gasteiger partial charge on any atom is 0.250 e. The molecule has 0 fully saturated rings. The molecule has 0 atom stereocenters. The smallest absolute Gasteiger partial charge is 0.250 e. The molecular weight excluding hydrogens is 252 g/mol. The standard InChI is InChI=1S/C16H12N2O2/c17-16(19)12-8-9-15(18-10-12)20-14-7-3-5-11-4-1-2-6-13(11)14/h1-10H,(H2,17,19). The maximum atomic E-state index is 11.0. The molecule has 3 aromatic rings. The molecule has 98 valence electrons. The van der Waals surface area contributed by atoms with E-state index in [4.69, 9.17) is 10.5 Å². The first-order valence-electron chi connectivity index (χ1n) is 6.15. The second-order valence-electron chi connectivity index (χ2n) is 4.33. The topological polar surface area (TPSA) is 65.2 Å². The van der Waals surface area contributed by atoms with Crippen molar-refractivity contribution in [3.63, 3.8) is 0 Å². The summed E-state index contributed by atoms with van der Waals surface area (Å²) in [6, 6.07) is 17.0. The Labute approximate surface area is 115 Å². The van der Waals surface area contributed by atoms with Gasteiger partial charge in [-0.1, -0.05) is 36.4 Å². The highest BCUT2D eigenvalue weighted by Crippen LogP contribution is 2.28. The molecule has 0 saturated heterocycles. The third-order valence-electron chi connectivity index (χ3n) is 2.99. The van der Waals surface area contributed by atoms with Crippen molar-refractivity contribution in [3.05, 3.63) is 66.4 Å². The summed E-state index contributed by atoms with van der Waals surface area (Å²) >= 11 is 0. The number of amides is 1. The molecule has 4 nitrogen and oxygen atoms in total.